The van der Waals surface area contributed by atoms with E-state index in [1.54, 1.807) is 18.6 Å². The molecule has 2 aliphatic rings. The predicted octanol–water partition coefficient (Wildman–Crippen LogP) is 4.06. The summed E-state index contributed by atoms with van der Waals surface area (Å²) in [4.78, 5) is 17.0. The van der Waals surface area contributed by atoms with Crippen LogP contribution in [0, 0.1) is 6.92 Å². The van der Waals surface area contributed by atoms with Crippen molar-refractivity contribution in [1.29, 1.82) is 0 Å². The summed E-state index contributed by atoms with van der Waals surface area (Å²) in [7, 11) is 0. The number of aryl methyl sites for hydroxylation is 1. The lowest BCUT2D eigenvalue weighted by atomic mass is 10.1. The lowest BCUT2D eigenvalue weighted by Crippen LogP contribution is -2.89. The van der Waals surface area contributed by atoms with Gasteiger partial charge in [0.25, 0.3) is 0 Å². The van der Waals surface area contributed by atoms with Crippen molar-refractivity contribution >= 4 is 23.5 Å². The molecule has 2 unspecified atom stereocenters. The van der Waals surface area contributed by atoms with Crippen LogP contribution in [0.3, 0.4) is 0 Å². The number of carbonyl (C=O) groups excluding carboxylic acids is 1. The number of rotatable bonds is 3. The van der Waals surface area contributed by atoms with E-state index in [-0.39, 0.29) is 17.1 Å². The minimum Gasteiger partial charge on any atom is -0.311 e. The molecule has 1 aromatic carbocycles. The first-order chi connectivity index (χ1) is 12.8. The Hall–Kier alpha value is -2.52. The van der Waals surface area contributed by atoms with Crippen molar-refractivity contribution in [1.82, 2.24) is 20.1 Å². The smallest absolute Gasteiger partial charge is 0.311 e. The molecule has 0 aliphatic carbocycles. The summed E-state index contributed by atoms with van der Waals surface area (Å²) in [6.45, 7) is 2.16. The second-order valence-corrected chi connectivity index (χ2v) is 7.62. The topological polar surface area (TPSA) is 54.0 Å². The molecular weight excluding hydrogens is 377 g/mol. The Morgan fingerprint density at radius 3 is 2.52 bits per heavy atom. The molecule has 1 fully saturated rings. The van der Waals surface area contributed by atoms with Crippen LogP contribution in [0.2, 0.25) is 0 Å². The molecule has 2 aliphatic heterocycles. The van der Waals surface area contributed by atoms with Crippen LogP contribution < -0.4 is 15.1 Å². The van der Waals surface area contributed by atoms with Crippen LogP contribution in [0.15, 0.2) is 54.3 Å². The van der Waals surface area contributed by atoms with Crippen molar-refractivity contribution in [2.45, 2.75) is 24.8 Å². The van der Waals surface area contributed by atoms with Crippen molar-refractivity contribution in [3.05, 3.63) is 71.0 Å². The van der Waals surface area contributed by atoms with E-state index in [0.717, 1.165) is 23.3 Å². The lowest BCUT2D eigenvalue weighted by Gasteiger charge is -2.54. The molecule has 2 amide bonds. The van der Waals surface area contributed by atoms with Gasteiger partial charge in [-0.15, -0.1) is 0 Å². The lowest BCUT2D eigenvalue weighted by molar-refractivity contribution is -0.137. The molecule has 3 heterocycles. The molecule has 2 aromatic rings. The van der Waals surface area contributed by atoms with E-state index >= 15 is 0 Å². The van der Waals surface area contributed by atoms with Gasteiger partial charge in [-0.2, -0.15) is 17.7 Å². The third-order valence-corrected chi connectivity index (χ3v) is 5.88. The Bertz CT molecular complexity index is 921. The monoisotopic (exact) mass is 393 g/mol. The molecule has 0 bridgehead atoms. The average molecular weight is 393 g/mol. The van der Waals surface area contributed by atoms with Gasteiger partial charge >= 0.3 is 17.3 Å². The molecule has 0 radical (unpaired) electrons. The van der Waals surface area contributed by atoms with Crippen molar-refractivity contribution < 1.29 is 18.0 Å². The van der Waals surface area contributed by atoms with E-state index in [2.05, 4.69) is 15.6 Å². The summed E-state index contributed by atoms with van der Waals surface area (Å²) < 4.78 is 38.7. The fourth-order valence-corrected chi connectivity index (χ4v) is 4.51. The molecule has 2 N–H and O–H groups in total. The highest BCUT2D eigenvalue weighted by Gasteiger charge is 2.70. The van der Waals surface area contributed by atoms with Gasteiger partial charge in [0.2, 0.25) is 0 Å². The van der Waals surface area contributed by atoms with Crippen LogP contribution >= 0.6 is 11.8 Å². The summed E-state index contributed by atoms with van der Waals surface area (Å²) in [5, 5.41) is 6.94. The van der Waals surface area contributed by atoms with E-state index in [0.29, 0.717) is 5.69 Å². The minimum atomic E-state index is -4.43. The third-order valence-electron chi connectivity index (χ3n) is 4.73. The van der Waals surface area contributed by atoms with E-state index in [4.69, 9.17) is 0 Å². The van der Waals surface area contributed by atoms with Crippen LogP contribution in [0.25, 0.3) is 0 Å². The normalized spacial score (nSPS) is 26.6. The van der Waals surface area contributed by atoms with Gasteiger partial charge in [-0.1, -0.05) is 0 Å². The zero-order valence-corrected chi connectivity index (χ0v) is 15.1. The number of thioether (sulfide) groups is 1. The van der Waals surface area contributed by atoms with Gasteiger partial charge in [0.05, 0.1) is 5.56 Å². The number of nitrogens with one attached hydrogen (secondary N) is 2. The van der Waals surface area contributed by atoms with Crippen molar-refractivity contribution in [3.63, 3.8) is 0 Å². The molecule has 27 heavy (non-hydrogen) atoms. The highest BCUT2D eigenvalue weighted by Crippen LogP contribution is 2.48. The molecule has 5 nitrogen and oxygen atoms in total. The van der Waals surface area contributed by atoms with E-state index in [9.17, 15) is 18.0 Å². The van der Waals surface area contributed by atoms with Crippen molar-refractivity contribution in [2.24, 2.45) is 0 Å². The summed E-state index contributed by atoms with van der Waals surface area (Å²) in [6, 6.07) is 6.38. The Morgan fingerprint density at radius 2 is 1.96 bits per heavy atom. The molecular formula is C18H16F3N4OS+. The number of halogens is 3. The molecule has 140 valence electrons. The average Bonchev–Trinajstić information content (AvgIpc) is 3.10. The summed E-state index contributed by atoms with van der Waals surface area (Å²) in [5.41, 5.74) is 1.48. The number of hydrogen-bond acceptors (Lipinski definition) is 4. The molecule has 2 atom stereocenters. The predicted molar refractivity (Wildman–Crippen MR) is 97.0 cm³/mol. The summed E-state index contributed by atoms with van der Waals surface area (Å²) in [6.07, 6.45) is 0.668. The molecule has 1 saturated heterocycles. The number of nitrogens with zero attached hydrogens (tertiary/aromatic N) is 2. The maximum Gasteiger partial charge on any atom is 0.433 e. The van der Waals surface area contributed by atoms with Crippen LogP contribution in [0.5, 0.6) is 0 Å². The van der Waals surface area contributed by atoms with Crippen LogP contribution in [-0.4, -0.2) is 16.1 Å². The number of carbonyl (C=O) groups is 1. The van der Waals surface area contributed by atoms with E-state index < -0.39 is 16.9 Å². The largest absolute Gasteiger partial charge is 0.433 e. The first-order valence-corrected chi connectivity index (χ1v) is 9.05. The Balaban J connectivity index is 1.80. The molecule has 1 aromatic heterocycles. The highest BCUT2D eigenvalue weighted by molar-refractivity contribution is 8.03. The molecule has 0 saturated carbocycles. The Kier molecular flexibility index (Phi) is 3.97. The van der Waals surface area contributed by atoms with Gasteiger partial charge in [0.1, 0.15) is 12.2 Å². The van der Waals surface area contributed by atoms with Gasteiger partial charge in [-0.3, -0.25) is 4.98 Å². The maximum atomic E-state index is 13.0. The highest BCUT2D eigenvalue weighted by atomic mass is 32.2. The van der Waals surface area contributed by atoms with Crippen LogP contribution in [-0.2, 0) is 12.7 Å². The first-order valence-electron chi connectivity index (χ1n) is 8.17. The quantitative estimate of drug-likeness (QED) is 0.773. The number of aromatic nitrogens is 1. The van der Waals surface area contributed by atoms with Gasteiger partial charge in [-0.05, 0) is 47.9 Å². The summed E-state index contributed by atoms with van der Waals surface area (Å²) >= 11 is 1.38. The van der Waals surface area contributed by atoms with Gasteiger partial charge in [-0.25, -0.2) is 10.1 Å². The first kappa shape index (κ1) is 17.9. The zero-order valence-electron chi connectivity index (χ0n) is 14.2. The van der Waals surface area contributed by atoms with E-state index in [1.165, 1.54) is 23.9 Å². The minimum absolute atomic E-state index is 0.200. The van der Waals surface area contributed by atoms with Crippen molar-refractivity contribution in [3.8, 4) is 0 Å². The SMILES string of the molecule is Cc1cncc(C[N+]2(c3ccc(C(F)(F)F)cc3)C(=O)NC23NC=CS3)c1. The number of pyridine rings is 1. The zero-order chi connectivity index (χ0) is 19.3. The van der Waals surface area contributed by atoms with Crippen LogP contribution in [0.4, 0.5) is 23.7 Å². The Labute approximate surface area is 157 Å². The van der Waals surface area contributed by atoms with Gasteiger partial charge < -0.3 is 5.32 Å². The second-order valence-electron chi connectivity index (χ2n) is 6.52. The summed E-state index contributed by atoms with van der Waals surface area (Å²) in [5.74, 6) is 0. The number of hydrogen-bond donors (Lipinski definition) is 2. The number of amides is 2. The fraction of sp³-hybridized carbons (Fsp3) is 0.222. The van der Waals surface area contributed by atoms with Gasteiger partial charge in [0.15, 0.2) is 0 Å². The van der Waals surface area contributed by atoms with Crippen LogP contribution in [0.1, 0.15) is 16.7 Å². The number of quaternary nitrogens is 1. The number of alkyl halides is 3. The standard InChI is InChI=1S/C18H15F3N4OS/c1-12-8-13(10-22-9-12)11-25(16(26)24-18(25)23-6-7-27-18)15-4-2-14(3-5-15)17(19,20)21/h2-10,23H,11H2,1H3/p+1. The van der Waals surface area contributed by atoms with E-state index in [1.807, 2.05) is 18.4 Å². The molecule has 1 spiro atoms. The molecule has 4 rings (SSSR count). The second kappa shape index (κ2) is 6.00. The fourth-order valence-electron chi connectivity index (χ4n) is 3.46. The Morgan fingerprint density at radius 1 is 1.22 bits per heavy atom. The number of urea groups is 1. The van der Waals surface area contributed by atoms with Crippen molar-refractivity contribution in [2.75, 3.05) is 0 Å². The number of benzene rings is 1. The van der Waals surface area contributed by atoms with Gasteiger partial charge in [0, 0.05) is 36.3 Å². The molecule has 9 heteroatoms. The third kappa shape index (κ3) is 2.69. The maximum absolute atomic E-state index is 13.0.